The first-order valence-electron chi connectivity index (χ1n) is 4.87. The van der Waals surface area contributed by atoms with Crippen LogP contribution in [0.5, 0.6) is 0 Å². The molecule has 0 radical (unpaired) electrons. The van der Waals surface area contributed by atoms with Crippen LogP contribution in [0.25, 0.3) is 0 Å². The summed E-state index contributed by atoms with van der Waals surface area (Å²) in [4.78, 5) is 21.9. The molecule has 0 rings (SSSR count). The van der Waals surface area contributed by atoms with E-state index in [1.165, 1.54) is 0 Å². The predicted molar refractivity (Wildman–Crippen MR) is 57.5 cm³/mol. The van der Waals surface area contributed by atoms with Gasteiger partial charge in [-0.2, -0.15) is 0 Å². The molecule has 0 aliphatic carbocycles. The molecule has 5 heteroatoms. The standard InChI is InChI=1S/C10H18N2O3/c1-4-15-9(13)7-12-10(14)11-6-5-8(2)3/h5H,4,6-7H2,1-3H3,(H2,11,12,14). The molecule has 0 unspecified atom stereocenters. The number of hydrogen-bond donors (Lipinski definition) is 2. The van der Waals surface area contributed by atoms with E-state index in [0.717, 1.165) is 5.57 Å². The van der Waals surface area contributed by atoms with Gasteiger partial charge in [-0.3, -0.25) is 4.79 Å². The zero-order chi connectivity index (χ0) is 11.7. The van der Waals surface area contributed by atoms with Crippen LogP contribution in [0.15, 0.2) is 11.6 Å². The molecule has 2 amide bonds. The van der Waals surface area contributed by atoms with Gasteiger partial charge in [0.2, 0.25) is 0 Å². The maximum Gasteiger partial charge on any atom is 0.325 e. The smallest absolute Gasteiger partial charge is 0.325 e. The van der Waals surface area contributed by atoms with Crippen molar-refractivity contribution in [1.82, 2.24) is 10.6 Å². The molecule has 86 valence electrons. The summed E-state index contributed by atoms with van der Waals surface area (Å²) in [5.41, 5.74) is 1.13. The number of carbonyl (C=O) groups excluding carboxylic acids is 2. The Labute approximate surface area is 89.9 Å². The molecule has 0 fully saturated rings. The van der Waals surface area contributed by atoms with Crippen molar-refractivity contribution < 1.29 is 14.3 Å². The monoisotopic (exact) mass is 214 g/mol. The molecule has 0 saturated carbocycles. The Balaban J connectivity index is 3.58. The fourth-order valence-corrected chi connectivity index (χ4v) is 0.775. The second kappa shape index (κ2) is 7.84. The molecule has 0 heterocycles. The summed E-state index contributed by atoms with van der Waals surface area (Å²) in [5, 5.41) is 4.96. The highest BCUT2D eigenvalue weighted by Gasteiger charge is 2.03. The Hall–Kier alpha value is -1.52. The van der Waals surface area contributed by atoms with Gasteiger partial charge >= 0.3 is 12.0 Å². The molecule has 0 saturated heterocycles. The maximum absolute atomic E-state index is 11.1. The molecule has 0 spiro atoms. The largest absolute Gasteiger partial charge is 0.465 e. The molecule has 0 aromatic rings. The predicted octanol–water partition coefficient (Wildman–Crippen LogP) is 0.815. The second-order valence-electron chi connectivity index (χ2n) is 3.15. The average Bonchev–Trinajstić information content (AvgIpc) is 2.14. The van der Waals surface area contributed by atoms with Crippen molar-refractivity contribution in [2.24, 2.45) is 0 Å². The Morgan fingerprint density at radius 1 is 1.27 bits per heavy atom. The van der Waals surface area contributed by atoms with Gasteiger partial charge in [-0.05, 0) is 20.8 Å². The third-order valence-electron chi connectivity index (χ3n) is 1.47. The van der Waals surface area contributed by atoms with Gasteiger partial charge in [0.25, 0.3) is 0 Å². The normalized spacial score (nSPS) is 9.00. The molecular weight excluding hydrogens is 196 g/mol. The van der Waals surface area contributed by atoms with E-state index in [2.05, 4.69) is 15.4 Å². The summed E-state index contributed by atoms with van der Waals surface area (Å²) >= 11 is 0. The first-order valence-corrected chi connectivity index (χ1v) is 4.87. The van der Waals surface area contributed by atoms with Gasteiger partial charge in [-0.25, -0.2) is 4.79 Å². The maximum atomic E-state index is 11.1. The van der Waals surface area contributed by atoms with Crippen LogP contribution in [0.4, 0.5) is 4.79 Å². The van der Waals surface area contributed by atoms with Crippen molar-refractivity contribution in [3.63, 3.8) is 0 Å². The van der Waals surface area contributed by atoms with Crippen LogP contribution >= 0.6 is 0 Å². The summed E-state index contributed by atoms with van der Waals surface area (Å²) in [6.45, 7) is 6.27. The number of ether oxygens (including phenoxy) is 1. The van der Waals surface area contributed by atoms with Crippen molar-refractivity contribution >= 4 is 12.0 Å². The highest BCUT2D eigenvalue weighted by atomic mass is 16.5. The molecule has 0 aromatic heterocycles. The number of carbonyl (C=O) groups is 2. The van der Waals surface area contributed by atoms with E-state index in [4.69, 9.17) is 0 Å². The molecule has 0 aliphatic rings. The Morgan fingerprint density at radius 2 is 1.93 bits per heavy atom. The summed E-state index contributed by atoms with van der Waals surface area (Å²) in [6, 6.07) is -0.374. The molecule has 5 nitrogen and oxygen atoms in total. The highest BCUT2D eigenvalue weighted by Crippen LogP contribution is 1.85. The van der Waals surface area contributed by atoms with Crippen LogP contribution in [0.2, 0.25) is 0 Å². The first-order chi connectivity index (χ1) is 7.06. The van der Waals surface area contributed by atoms with E-state index in [1.807, 2.05) is 19.9 Å². The van der Waals surface area contributed by atoms with E-state index < -0.39 is 5.97 Å². The van der Waals surface area contributed by atoms with E-state index in [0.29, 0.717) is 13.2 Å². The van der Waals surface area contributed by atoms with Crippen LogP contribution in [0.1, 0.15) is 20.8 Å². The number of rotatable bonds is 5. The lowest BCUT2D eigenvalue weighted by Crippen LogP contribution is -2.39. The Kier molecular flexibility index (Phi) is 7.05. The number of nitrogens with one attached hydrogen (secondary N) is 2. The number of amides is 2. The quantitative estimate of drug-likeness (QED) is 0.526. The zero-order valence-corrected chi connectivity index (χ0v) is 9.42. The number of urea groups is 1. The van der Waals surface area contributed by atoms with Gasteiger partial charge in [0.1, 0.15) is 6.54 Å². The van der Waals surface area contributed by atoms with Crippen molar-refractivity contribution in [2.45, 2.75) is 20.8 Å². The molecule has 2 N–H and O–H groups in total. The van der Waals surface area contributed by atoms with E-state index in [-0.39, 0.29) is 12.6 Å². The summed E-state index contributed by atoms with van der Waals surface area (Å²) in [6.07, 6.45) is 1.88. The lowest BCUT2D eigenvalue weighted by atomic mass is 10.3. The molecule has 0 atom stereocenters. The minimum Gasteiger partial charge on any atom is -0.465 e. The van der Waals surface area contributed by atoms with Crippen LogP contribution in [0, 0.1) is 0 Å². The van der Waals surface area contributed by atoms with Crippen LogP contribution in [-0.2, 0) is 9.53 Å². The van der Waals surface area contributed by atoms with E-state index >= 15 is 0 Å². The third-order valence-corrected chi connectivity index (χ3v) is 1.47. The molecule has 0 aromatic carbocycles. The van der Waals surface area contributed by atoms with Gasteiger partial charge in [0.15, 0.2) is 0 Å². The fraction of sp³-hybridized carbons (Fsp3) is 0.600. The Morgan fingerprint density at radius 3 is 2.47 bits per heavy atom. The summed E-state index contributed by atoms with van der Waals surface area (Å²) in [7, 11) is 0. The first kappa shape index (κ1) is 13.5. The minimum absolute atomic E-state index is 0.103. The SMILES string of the molecule is CCOC(=O)CNC(=O)NCC=C(C)C. The zero-order valence-electron chi connectivity index (χ0n) is 9.42. The molecule has 0 aliphatic heterocycles. The van der Waals surface area contributed by atoms with Gasteiger partial charge in [-0.15, -0.1) is 0 Å². The molecule has 0 bridgehead atoms. The lowest BCUT2D eigenvalue weighted by molar-refractivity contribution is -0.141. The minimum atomic E-state index is -0.435. The molecule has 15 heavy (non-hydrogen) atoms. The summed E-state index contributed by atoms with van der Waals surface area (Å²) in [5.74, 6) is -0.435. The molecular formula is C10H18N2O3. The Bertz CT molecular complexity index is 245. The van der Waals surface area contributed by atoms with Gasteiger partial charge < -0.3 is 15.4 Å². The van der Waals surface area contributed by atoms with Crippen molar-refractivity contribution in [3.8, 4) is 0 Å². The summed E-state index contributed by atoms with van der Waals surface area (Å²) < 4.78 is 4.64. The van der Waals surface area contributed by atoms with Gasteiger partial charge in [0.05, 0.1) is 6.61 Å². The van der Waals surface area contributed by atoms with Gasteiger partial charge in [0, 0.05) is 6.54 Å². The fourth-order valence-electron chi connectivity index (χ4n) is 0.775. The topological polar surface area (TPSA) is 67.4 Å². The lowest BCUT2D eigenvalue weighted by Gasteiger charge is -2.05. The average molecular weight is 214 g/mol. The van der Waals surface area contributed by atoms with E-state index in [9.17, 15) is 9.59 Å². The van der Waals surface area contributed by atoms with Crippen molar-refractivity contribution in [2.75, 3.05) is 19.7 Å². The van der Waals surface area contributed by atoms with Crippen molar-refractivity contribution in [3.05, 3.63) is 11.6 Å². The number of esters is 1. The van der Waals surface area contributed by atoms with Crippen molar-refractivity contribution in [1.29, 1.82) is 0 Å². The van der Waals surface area contributed by atoms with Crippen LogP contribution in [-0.4, -0.2) is 31.7 Å². The van der Waals surface area contributed by atoms with E-state index in [1.54, 1.807) is 6.92 Å². The second-order valence-corrected chi connectivity index (χ2v) is 3.15. The van der Waals surface area contributed by atoms with Gasteiger partial charge in [-0.1, -0.05) is 11.6 Å². The number of allylic oxidation sites excluding steroid dienone is 1. The highest BCUT2D eigenvalue weighted by molar-refractivity contribution is 5.80. The van der Waals surface area contributed by atoms with Crippen LogP contribution < -0.4 is 10.6 Å². The van der Waals surface area contributed by atoms with Crippen LogP contribution in [0.3, 0.4) is 0 Å². The third kappa shape index (κ3) is 8.80. The number of hydrogen-bond acceptors (Lipinski definition) is 3.